The number of H-pyrrole nitrogens is 1. The summed E-state index contributed by atoms with van der Waals surface area (Å²) in [5.41, 5.74) is 2.75. The molecule has 1 N–H and O–H groups in total. The predicted molar refractivity (Wildman–Crippen MR) is 51.9 cm³/mol. The monoisotopic (exact) mass is 215 g/mol. The summed E-state index contributed by atoms with van der Waals surface area (Å²) in [4.78, 5) is 3.27. The van der Waals surface area contributed by atoms with E-state index in [2.05, 4.69) is 48.6 Å². The van der Waals surface area contributed by atoms with Crippen molar-refractivity contribution < 1.29 is 0 Å². The van der Waals surface area contributed by atoms with Crippen molar-refractivity contribution in [3.05, 3.63) is 21.9 Å². The summed E-state index contributed by atoms with van der Waals surface area (Å²) in [6, 6.07) is 0. The van der Waals surface area contributed by atoms with Crippen LogP contribution in [-0.2, 0) is 5.41 Å². The Balaban J connectivity index is 3.15. The Labute approximate surface area is 76.3 Å². The van der Waals surface area contributed by atoms with Crippen molar-refractivity contribution in [1.82, 2.24) is 4.98 Å². The number of aromatic nitrogens is 1. The first-order valence-electron chi connectivity index (χ1n) is 3.77. The second kappa shape index (κ2) is 2.67. The highest BCUT2D eigenvalue weighted by molar-refractivity contribution is 9.10. The second-order valence-electron chi connectivity index (χ2n) is 3.91. The summed E-state index contributed by atoms with van der Waals surface area (Å²) in [6.45, 7) is 8.69. The van der Waals surface area contributed by atoms with E-state index in [1.807, 2.05) is 6.20 Å². The molecule has 0 bridgehead atoms. The number of aromatic amines is 1. The molecule has 1 aromatic heterocycles. The molecule has 1 rings (SSSR count). The maximum Gasteiger partial charge on any atom is 0.0417 e. The van der Waals surface area contributed by atoms with Crippen molar-refractivity contribution in [1.29, 1.82) is 0 Å². The maximum absolute atomic E-state index is 3.55. The third kappa shape index (κ3) is 1.67. The van der Waals surface area contributed by atoms with E-state index in [-0.39, 0.29) is 5.41 Å². The summed E-state index contributed by atoms with van der Waals surface area (Å²) in [5, 5.41) is 0. The lowest BCUT2D eigenvalue weighted by molar-refractivity contribution is 0.569. The van der Waals surface area contributed by atoms with E-state index in [0.717, 1.165) is 0 Å². The van der Waals surface area contributed by atoms with Gasteiger partial charge in [0.2, 0.25) is 0 Å². The van der Waals surface area contributed by atoms with Crippen LogP contribution in [-0.4, -0.2) is 4.98 Å². The van der Waals surface area contributed by atoms with Gasteiger partial charge in [-0.15, -0.1) is 0 Å². The smallest absolute Gasteiger partial charge is 0.0417 e. The molecule has 11 heavy (non-hydrogen) atoms. The average Bonchev–Trinajstić information content (AvgIpc) is 2.11. The molecule has 0 aliphatic rings. The highest BCUT2D eigenvalue weighted by Crippen LogP contribution is 2.30. The van der Waals surface area contributed by atoms with Crippen molar-refractivity contribution in [3.8, 4) is 0 Å². The van der Waals surface area contributed by atoms with Crippen LogP contribution < -0.4 is 0 Å². The van der Waals surface area contributed by atoms with Gasteiger partial charge in [0.25, 0.3) is 0 Å². The van der Waals surface area contributed by atoms with E-state index in [9.17, 15) is 0 Å². The van der Waals surface area contributed by atoms with E-state index in [1.54, 1.807) is 0 Å². The van der Waals surface area contributed by atoms with Crippen molar-refractivity contribution in [2.24, 2.45) is 0 Å². The van der Waals surface area contributed by atoms with Gasteiger partial charge in [-0.1, -0.05) is 20.8 Å². The number of rotatable bonds is 0. The van der Waals surface area contributed by atoms with Crippen molar-refractivity contribution in [2.45, 2.75) is 33.1 Å². The first-order valence-corrected chi connectivity index (χ1v) is 4.56. The zero-order valence-electron chi connectivity index (χ0n) is 7.46. The van der Waals surface area contributed by atoms with Gasteiger partial charge in [0.1, 0.15) is 0 Å². The molecule has 0 unspecified atom stereocenters. The van der Waals surface area contributed by atoms with Crippen LogP contribution >= 0.6 is 15.9 Å². The predicted octanol–water partition coefficient (Wildman–Crippen LogP) is 3.38. The Morgan fingerprint density at radius 1 is 1.36 bits per heavy atom. The van der Waals surface area contributed by atoms with Crippen molar-refractivity contribution >= 4 is 15.9 Å². The summed E-state index contributed by atoms with van der Waals surface area (Å²) in [6.07, 6.45) is 2.03. The summed E-state index contributed by atoms with van der Waals surface area (Å²) in [7, 11) is 0. The van der Waals surface area contributed by atoms with Crippen LogP contribution in [0.3, 0.4) is 0 Å². The van der Waals surface area contributed by atoms with Gasteiger partial charge in [0, 0.05) is 21.8 Å². The molecule has 0 saturated carbocycles. The van der Waals surface area contributed by atoms with Crippen LogP contribution in [0.1, 0.15) is 32.0 Å². The molecular weight excluding hydrogens is 202 g/mol. The molecule has 0 aliphatic carbocycles. The zero-order chi connectivity index (χ0) is 8.65. The second-order valence-corrected chi connectivity index (χ2v) is 4.70. The van der Waals surface area contributed by atoms with E-state index in [1.165, 1.54) is 15.7 Å². The molecule has 0 saturated heterocycles. The molecule has 0 aromatic carbocycles. The van der Waals surface area contributed by atoms with Crippen LogP contribution in [0.4, 0.5) is 0 Å². The number of aryl methyl sites for hydroxylation is 1. The minimum Gasteiger partial charge on any atom is -0.363 e. The third-order valence-electron chi connectivity index (χ3n) is 1.75. The molecule has 1 aromatic rings. The van der Waals surface area contributed by atoms with Crippen LogP contribution in [0, 0.1) is 6.92 Å². The van der Waals surface area contributed by atoms with Gasteiger partial charge in [0.05, 0.1) is 0 Å². The van der Waals surface area contributed by atoms with Crippen LogP contribution in [0.2, 0.25) is 0 Å². The Bertz CT molecular complexity index is 255. The largest absolute Gasteiger partial charge is 0.363 e. The van der Waals surface area contributed by atoms with Crippen molar-refractivity contribution in [2.75, 3.05) is 0 Å². The molecule has 0 amide bonds. The number of hydrogen-bond donors (Lipinski definition) is 1. The van der Waals surface area contributed by atoms with Crippen LogP contribution in [0.5, 0.6) is 0 Å². The van der Waals surface area contributed by atoms with Crippen LogP contribution in [0.15, 0.2) is 10.7 Å². The van der Waals surface area contributed by atoms with Gasteiger partial charge in [0.15, 0.2) is 0 Å². The lowest BCUT2D eigenvalue weighted by atomic mass is 9.92. The molecule has 0 atom stereocenters. The van der Waals surface area contributed by atoms with E-state index >= 15 is 0 Å². The molecule has 2 heteroatoms. The first-order chi connectivity index (χ1) is 4.93. The van der Waals surface area contributed by atoms with Gasteiger partial charge in [-0.2, -0.15) is 0 Å². The maximum atomic E-state index is 3.55. The summed E-state index contributed by atoms with van der Waals surface area (Å²) >= 11 is 3.55. The first kappa shape index (κ1) is 8.85. The fourth-order valence-corrected chi connectivity index (χ4v) is 1.87. The molecule has 0 fully saturated rings. The number of hydrogen-bond acceptors (Lipinski definition) is 0. The molecular formula is C9H14BrN. The van der Waals surface area contributed by atoms with Crippen molar-refractivity contribution in [3.63, 3.8) is 0 Å². The van der Waals surface area contributed by atoms with Gasteiger partial charge >= 0.3 is 0 Å². The van der Waals surface area contributed by atoms with Gasteiger partial charge in [-0.25, -0.2) is 0 Å². The fraction of sp³-hybridized carbons (Fsp3) is 0.556. The molecule has 62 valence electrons. The highest BCUT2D eigenvalue weighted by atomic mass is 79.9. The topological polar surface area (TPSA) is 15.8 Å². The summed E-state index contributed by atoms with van der Waals surface area (Å²) in [5.74, 6) is 0. The van der Waals surface area contributed by atoms with Gasteiger partial charge in [-0.05, 0) is 28.4 Å². The van der Waals surface area contributed by atoms with E-state index in [4.69, 9.17) is 0 Å². The van der Waals surface area contributed by atoms with Gasteiger partial charge < -0.3 is 4.98 Å². The minimum atomic E-state index is 0.201. The molecule has 0 spiro atoms. The minimum absolute atomic E-state index is 0.201. The third-order valence-corrected chi connectivity index (χ3v) is 2.77. The number of nitrogens with one attached hydrogen (secondary N) is 1. The Kier molecular flexibility index (Phi) is 2.15. The van der Waals surface area contributed by atoms with E-state index < -0.39 is 0 Å². The number of halogens is 1. The molecule has 0 aliphatic heterocycles. The SMILES string of the molecule is Cc1c[nH]c(C(C)(C)C)c1Br. The average molecular weight is 216 g/mol. The molecule has 1 heterocycles. The normalized spacial score (nSPS) is 12.1. The molecule has 1 nitrogen and oxygen atoms in total. The quantitative estimate of drug-likeness (QED) is 0.684. The molecule has 0 radical (unpaired) electrons. The Hall–Kier alpha value is -0.240. The standard InChI is InChI=1S/C9H14BrN/c1-6-5-11-8(7(6)10)9(2,3)4/h5,11H,1-4H3. The van der Waals surface area contributed by atoms with Crippen LogP contribution in [0.25, 0.3) is 0 Å². The lowest BCUT2D eigenvalue weighted by Crippen LogP contribution is -2.12. The zero-order valence-corrected chi connectivity index (χ0v) is 9.04. The highest BCUT2D eigenvalue weighted by Gasteiger charge is 2.19. The Morgan fingerprint density at radius 3 is 2.09 bits per heavy atom. The Morgan fingerprint density at radius 2 is 1.91 bits per heavy atom. The van der Waals surface area contributed by atoms with Gasteiger partial charge in [-0.3, -0.25) is 0 Å². The lowest BCUT2D eigenvalue weighted by Gasteiger charge is -2.17. The summed E-state index contributed by atoms with van der Waals surface area (Å²) < 4.78 is 1.21. The fourth-order valence-electron chi connectivity index (χ4n) is 1.05. The van der Waals surface area contributed by atoms with E-state index in [0.29, 0.717) is 0 Å².